The Morgan fingerprint density at radius 3 is 2.41 bits per heavy atom. The third kappa shape index (κ3) is 6.21. The molecule has 1 aliphatic heterocycles. The molecule has 11 heteroatoms. The van der Waals surface area contributed by atoms with Crippen LogP contribution >= 0.6 is 32.3 Å². The fraction of sp³-hybridized carbons (Fsp3) is 0.261. The molecule has 0 saturated heterocycles. The second-order valence-corrected chi connectivity index (χ2v) is 9.99. The largest absolute Gasteiger partial charge is 0.486 e. The lowest BCUT2D eigenvalue weighted by Crippen LogP contribution is -2.35. The van der Waals surface area contributed by atoms with E-state index in [-0.39, 0.29) is 27.9 Å². The number of carbonyl (C=O) groups is 1. The van der Waals surface area contributed by atoms with Gasteiger partial charge in [-0.1, -0.05) is 41.2 Å². The molecule has 1 unspecified atom stereocenters. The summed E-state index contributed by atoms with van der Waals surface area (Å²) in [4.78, 5) is 17.2. The van der Waals surface area contributed by atoms with Crippen LogP contribution in [0.3, 0.4) is 0 Å². The number of rotatable bonds is 7. The van der Waals surface area contributed by atoms with Crippen LogP contribution in [0.4, 0.5) is 22.0 Å². The summed E-state index contributed by atoms with van der Waals surface area (Å²) in [6.45, 7) is 0.849. The lowest BCUT2D eigenvalue weighted by atomic mass is 10.0. The highest BCUT2D eigenvalue weighted by Crippen LogP contribution is 2.34. The summed E-state index contributed by atoms with van der Waals surface area (Å²) in [5, 5.41) is 2.73. The predicted octanol–water partition coefficient (Wildman–Crippen LogP) is 6.68. The first-order valence-corrected chi connectivity index (χ1v) is 12.9. The van der Waals surface area contributed by atoms with Gasteiger partial charge in [0, 0.05) is 0 Å². The summed E-state index contributed by atoms with van der Waals surface area (Å²) >= 11 is 4.66. The minimum Gasteiger partial charge on any atom is -0.486 e. The van der Waals surface area contributed by atoms with Crippen LogP contribution in [0.25, 0.3) is 5.70 Å². The van der Waals surface area contributed by atoms with E-state index in [1.165, 1.54) is 30.3 Å². The Kier molecular flexibility index (Phi) is 8.12. The Balaban J connectivity index is 2.08. The zero-order valence-electron chi connectivity index (χ0n) is 17.7. The second-order valence-electron chi connectivity index (χ2n) is 7.24. The Hall–Kier alpha value is -2.34. The third-order valence-corrected chi connectivity index (χ3v) is 6.66. The molecule has 2 aromatic carbocycles. The van der Waals surface area contributed by atoms with Crippen molar-refractivity contribution < 1.29 is 31.5 Å². The number of nitrogens with one attached hydrogen (secondary N) is 1. The van der Waals surface area contributed by atoms with E-state index in [1.54, 1.807) is 13.0 Å². The van der Waals surface area contributed by atoms with Crippen molar-refractivity contribution in [3.63, 3.8) is 0 Å². The minimum absolute atomic E-state index is 0.0228. The maximum atomic E-state index is 13.8. The van der Waals surface area contributed by atoms with Crippen molar-refractivity contribution >= 4 is 54.3 Å². The molecule has 1 atom stereocenters. The topological polar surface area (TPSA) is 50.7 Å². The standard InChI is InChI=1S/C23H19ClF5IN2O2/c1-3-13-11-17(14-7-9-15(10-8-14)23(27,28)29)31-20(32-21(13)33)19-16(24)5-4-6-18(19)34-12-22(25,26)30-2/h4-11,13H,2-3,12H2,1H3,(H,31,32,33). The van der Waals surface area contributed by atoms with Crippen LogP contribution in [0.2, 0.25) is 5.02 Å². The van der Waals surface area contributed by atoms with Crippen LogP contribution in [0.15, 0.2) is 53.5 Å². The number of carbonyl (C=O) groups excluding carboxylic acids is 1. The fourth-order valence-corrected chi connectivity index (χ4v) is 3.76. The summed E-state index contributed by atoms with van der Waals surface area (Å²) in [5.41, 5.74) is -0.172. The molecule has 1 heterocycles. The molecule has 1 N–H and O–H groups in total. The summed E-state index contributed by atoms with van der Waals surface area (Å²) in [6.07, 6.45) is -2.57. The summed E-state index contributed by atoms with van der Waals surface area (Å²) < 4.78 is 72.0. The number of aliphatic imine (C=N–C) groups is 1. The lowest BCUT2D eigenvalue weighted by Gasteiger charge is -2.18. The number of halogens is 7. The van der Waals surface area contributed by atoms with Crippen LogP contribution in [-0.2, 0) is 11.0 Å². The molecule has 0 saturated carbocycles. The molecular weight excluding hydrogens is 594 g/mol. The minimum atomic E-state index is -4.50. The Labute approximate surface area is 207 Å². The number of benzene rings is 2. The van der Waals surface area contributed by atoms with Crippen molar-refractivity contribution in [2.45, 2.75) is 23.5 Å². The molecule has 1 aliphatic rings. The van der Waals surface area contributed by atoms with Gasteiger partial charge in [-0.05, 0) is 63.1 Å². The first-order valence-electron chi connectivity index (χ1n) is 9.93. The summed E-state index contributed by atoms with van der Waals surface area (Å²) in [7, 11) is 0. The van der Waals surface area contributed by atoms with Crippen molar-refractivity contribution in [1.29, 1.82) is 0 Å². The van der Waals surface area contributed by atoms with Gasteiger partial charge >= 0.3 is 10.1 Å². The summed E-state index contributed by atoms with van der Waals surface area (Å²) in [5.74, 6) is -1.14. The molecule has 2 aromatic rings. The lowest BCUT2D eigenvalue weighted by molar-refractivity contribution is -0.137. The average Bonchev–Trinajstić information content (AvgIpc) is 2.95. The average molecular weight is 613 g/mol. The third-order valence-electron chi connectivity index (χ3n) is 4.92. The normalized spacial score (nSPS) is 16.9. The van der Waals surface area contributed by atoms with Crippen molar-refractivity contribution in [3.05, 3.63) is 70.3 Å². The molecule has 0 bridgehead atoms. The van der Waals surface area contributed by atoms with Gasteiger partial charge in [-0.2, -0.15) is 22.0 Å². The van der Waals surface area contributed by atoms with Gasteiger partial charge in [0.25, 0.3) is 0 Å². The number of hydrogen-bond donors (Lipinski definition) is 1. The van der Waals surface area contributed by atoms with Crippen LogP contribution in [-0.4, -0.2) is 26.8 Å². The van der Waals surface area contributed by atoms with E-state index in [0.29, 0.717) is 12.0 Å². The van der Waals surface area contributed by atoms with Gasteiger partial charge in [0.2, 0.25) is 5.91 Å². The van der Waals surface area contributed by atoms with E-state index >= 15 is 0 Å². The van der Waals surface area contributed by atoms with Gasteiger partial charge in [0.15, 0.2) is 6.61 Å². The number of alkyl halides is 6. The van der Waals surface area contributed by atoms with Crippen molar-refractivity contribution in [2.24, 2.45) is 10.9 Å². The highest BCUT2D eigenvalue weighted by atomic mass is 127. The molecule has 182 valence electrons. The first-order chi connectivity index (χ1) is 15.9. The molecule has 0 radical (unpaired) electrons. The maximum Gasteiger partial charge on any atom is 0.416 e. The van der Waals surface area contributed by atoms with Crippen LogP contribution in [0.1, 0.15) is 30.0 Å². The van der Waals surface area contributed by atoms with E-state index in [1.807, 2.05) is 0 Å². The van der Waals surface area contributed by atoms with Gasteiger partial charge in [-0.3, -0.25) is 4.79 Å². The van der Waals surface area contributed by atoms with Crippen molar-refractivity contribution in [2.75, 3.05) is 6.61 Å². The molecule has 0 fully saturated rings. The van der Waals surface area contributed by atoms with E-state index in [0.717, 1.165) is 12.1 Å². The van der Waals surface area contributed by atoms with E-state index in [9.17, 15) is 26.7 Å². The van der Waals surface area contributed by atoms with Gasteiger partial charge in [-0.15, -0.1) is 0 Å². The number of ether oxygens (including phenoxy) is 1. The van der Waals surface area contributed by atoms with Gasteiger partial charge < -0.3 is 10.1 Å². The van der Waals surface area contributed by atoms with Gasteiger partial charge in [0.1, 0.15) is 11.6 Å². The molecular formula is C23H19ClF5IN2O2. The zero-order chi connectivity index (χ0) is 25.1. The SMILES string of the molecule is C=IC(F)(F)COc1cccc(Cl)c1C1=NC(c2ccc(C(F)(F)F)cc2)=CC(CC)C(=O)N1. The highest BCUT2D eigenvalue weighted by molar-refractivity contribution is 14.2. The zero-order valence-corrected chi connectivity index (χ0v) is 20.6. The van der Waals surface area contributed by atoms with E-state index < -0.39 is 54.8 Å². The highest BCUT2D eigenvalue weighted by Gasteiger charge is 2.31. The molecule has 1 amide bonds. The van der Waals surface area contributed by atoms with E-state index in [4.69, 9.17) is 16.3 Å². The van der Waals surface area contributed by atoms with Crippen molar-refractivity contribution in [1.82, 2.24) is 5.32 Å². The number of amidine groups is 1. The first kappa shape index (κ1) is 26.3. The molecule has 0 aromatic heterocycles. The monoisotopic (exact) mass is 612 g/mol. The van der Waals surface area contributed by atoms with Gasteiger partial charge in [0.05, 0.1) is 27.8 Å². The molecule has 0 aliphatic carbocycles. The second kappa shape index (κ2) is 10.5. The Morgan fingerprint density at radius 1 is 1.15 bits per heavy atom. The number of amides is 1. The molecule has 3 rings (SSSR count). The van der Waals surface area contributed by atoms with Crippen LogP contribution in [0, 0.1) is 5.92 Å². The van der Waals surface area contributed by atoms with Crippen LogP contribution in [0.5, 0.6) is 5.75 Å². The molecule has 34 heavy (non-hydrogen) atoms. The summed E-state index contributed by atoms with van der Waals surface area (Å²) in [6, 6.07) is 8.73. The number of hydrogen-bond acceptors (Lipinski definition) is 3. The maximum absolute atomic E-state index is 13.8. The van der Waals surface area contributed by atoms with E-state index in [2.05, 4.69) is 14.8 Å². The smallest absolute Gasteiger partial charge is 0.416 e. The Morgan fingerprint density at radius 2 is 1.82 bits per heavy atom. The Bertz CT molecular complexity index is 1150. The number of nitrogens with zero attached hydrogens (tertiary/aromatic N) is 1. The predicted molar refractivity (Wildman–Crippen MR) is 131 cm³/mol. The van der Waals surface area contributed by atoms with Crippen molar-refractivity contribution in [3.8, 4) is 5.75 Å². The van der Waals surface area contributed by atoms with Gasteiger partial charge in [-0.25, -0.2) is 4.99 Å². The quantitative estimate of drug-likeness (QED) is 0.216. The molecule has 0 spiro atoms. The van der Waals surface area contributed by atoms with Crippen LogP contribution < -0.4 is 10.1 Å². The fourth-order valence-electron chi connectivity index (χ4n) is 3.13. The molecule has 4 nitrogen and oxygen atoms in total.